The molecule has 2 aromatic rings. The van der Waals surface area contributed by atoms with Crippen LogP contribution in [0.3, 0.4) is 0 Å². The van der Waals surface area contributed by atoms with E-state index < -0.39 is 22.3 Å². The number of hydrogen-bond donors (Lipinski definition) is 1. The van der Waals surface area contributed by atoms with Gasteiger partial charge in [0.1, 0.15) is 5.75 Å². The lowest BCUT2D eigenvalue weighted by Crippen LogP contribution is -2.03. The lowest BCUT2D eigenvalue weighted by atomic mass is 10.2. The van der Waals surface area contributed by atoms with E-state index in [1.54, 1.807) is 0 Å². The minimum Gasteiger partial charge on any atom is -0.494 e. The number of benzene rings is 2. The van der Waals surface area contributed by atoms with Gasteiger partial charge in [-0.05, 0) is 37.1 Å². The van der Waals surface area contributed by atoms with Crippen molar-refractivity contribution in [2.75, 3.05) is 12.4 Å². The SMILES string of the molecule is O=[N+]([O-])c1ccc(OCCCCS(=O)c2ccccc2)cc1CO. The van der Waals surface area contributed by atoms with Crippen molar-refractivity contribution in [2.45, 2.75) is 24.3 Å². The third-order valence-corrected chi connectivity index (χ3v) is 4.87. The van der Waals surface area contributed by atoms with Gasteiger partial charge in [-0.3, -0.25) is 14.3 Å². The molecule has 128 valence electrons. The number of aliphatic hydroxyl groups excluding tert-OH is 1. The monoisotopic (exact) mass is 349 g/mol. The van der Waals surface area contributed by atoms with Crippen LogP contribution in [0.25, 0.3) is 0 Å². The Bertz CT molecular complexity index is 705. The highest BCUT2D eigenvalue weighted by atomic mass is 32.2. The standard InChI is InChI=1S/C17H19NO5S/c19-13-14-12-15(8-9-17(14)18(20)21)23-10-4-5-11-24(22)16-6-2-1-3-7-16/h1-3,6-9,12,19H,4-5,10-11,13H2. The molecule has 1 unspecified atom stereocenters. The van der Waals surface area contributed by atoms with Gasteiger partial charge < -0.3 is 9.84 Å². The maximum atomic E-state index is 12.0. The van der Waals surface area contributed by atoms with Gasteiger partial charge in [0.2, 0.25) is 0 Å². The number of hydrogen-bond acceptors (Lipinski definition) is 5. The minimum absolute atomic E-state index is 0.122. The topological polar surface area (TPSA) is 89.7 Å². The van der Waals surface area contributed by atoms with Crippen molar-refractivity contribution in [1.82, 2.24) is 0 Å². The second kappa shape index (κ2) is 9.14. The van der Waals surface area contributed by atoms with E-state index in [4.69, 9.17) is 4.74 Å². The molecule has 2 aromatic carbocycles. The van der Waals surface area contributed by atoms with E-state index >= 15 is 0 Å². The first-order valence-electron chi connectivity index (χ1n) is 7.56. The summed E-state index contributed by atoms with van der Waals surface area (Å²) in [6, 6.07) is 13.6. The van der Waals surface area contributed by atoms with Gasteiger partial charge in [-0.25, -0.2) is 0 Å². The van der Waals surface area contributed by atoms with E-state index in [9.17, 15) is 19.4 Å². The van der Waals surface area contributed by atoms with E-state index in [2.05, 4.69) is 0 Å². The van der Waals surface area contributed by atoms with Gasteiger partial charge in [-0.15, -0.1) is 0 Å². The highest BCUT2D eigenvalue weighted by Crippen LogP contribution is 2.24. The molecular formula is C17H19NO5S. The van der Waals surface area contributed by atoms with Gasteiger partial charge in [-0.2, -0.15) is 0 Å². The fraction of sp³-hybridized carbons (Fsp3) is 0.294. The van der Waals surface area contributed by atoms with E-state index in [-0.39, 0.29) is 11.3 Å². The summed E-state index contributed by atoms with van der Waals surface area (Å²) in [5.41, 5.74) is 0.103. The molecule has 6 nitrogen and oxygen atoms in total. The van der Waals surface area contributed by atoms with Gasteiger partial charge in [0.15, 0.2) is 0 Å². The summed E-state index contributed by atoms with van der Waals surface area (Å²) < 4.78 is 17.6. The van der Waals surface area contributed by atoms with Crippen molar-refractivity contribution in [1.29, 1.82) is 0 Å². The van der Waals surface area contributed by atoms with E-state index in [1.165, 1.54) is 18.2 Å². The fourth-order valence-electron chi connectivity index (χ4n) is 2.17. The number of rotatable bonds is 9. The summed E-state index contributed by atoms with van der Waals surface area (Å²) in [7, 11) is -1.01. The zero-order valence-electron chi connectivity index (χ0n) is 13.1. The lowest BCUT2D eigenvalue weighted by molar-refractivity contribution is -0.385. The number of ether oxygens (including phenoxy) is 1. The highest BCUT2D eigenvalue weighted by Gasteiger charge is 2.13. The van der Waals surface area contributed by atoms with Crippen LogP contribution >= 0.6 is 0 Å². The first kappa shape index (κ1) is 18.1. The Balaban J connectivity index is 1.76. The summed E-state index contributed by atoms with van der Waals surface area (Å²) in [5, 5.41) is 20.0. The zero-order chi connectivity index (χ0) is 17.4. The molecule has 1 atom stereocenters. The Morgan fingerprint density at radius 2 is 1.88 bits per heavy atom. The van der Waals surface area contributed by atoms with Crippen molar-refractivity contribution >= 4 is 16.5 Å². The largest absolute Gasteiger partial charge is 0.494 e. The molecule has 0 aromatic heterocycles. The smallest absolute Gasteiger partial charge is 0.275 e. The Kier molecular flexibility index (Phi) is 6.89. The summed E-state index contributed by atoms with van der Waals surface area (Å²) in [6.07, 6.45) is 1.48. The number of nitrogens with zero attached hydrogens (tertiary/aromatic N) is 1. The predicted octanol–water partition coefficient (Wildman–Crippen LogP) is 3.05. The summed E-state index contributed by atoms with van der Waals surface area (Å²) in [6.45, 7) is 0.0121. The minimum atomic E-state index is -1.01. The molecular weight excluding hydrogens is 330 g/mol. The van der Waals surface area contributed by atoms with Crippen LogP contribution in [0.1, 0.15) is 18.4 Å². The number of nitro groups is 1. The molecule has 0 radical (unpaired) electrons. The zero-order valence-corrected chi connectivity index (χ0v) is 13.9. The quantitative estimate of drug-likeness (QED) is 0.427. The molecule has 0 amide bonds. The summed E-state index contributed by atoms with van der Waals surface area (Å²) in [5.74, 6) is 1.05. The first-order valence-corrected chi connectivity index (χ1v) is 8.88. The molecule has 1 N–H and O–H groups in total. The third kappa shape index (κ3) is 5.14. The fourth-order valence-corrected chi connectivity index (χ4v) is 3.33. The Morgan fingerprint density at radius 3 is 2.54 bits per heavy atom. The van der Waals surface area contributed by atoms with Crippen LogP contribution in [0.15, 0.2) is 53.4 Å². The normalized spacial score (nSPS) is 11.9. The molecule has 0 bridgehead atoms. The molecule has 0 aliphatic rings. The predicted molar refractivity (Wildman–Crippen MR) is 91.5 cm³/mol. The molecule has 2 rings (SSSR count). The van der Waals surface area contributed by atoms with Gasteiger partial charge >= 0.3 is 0 Å². The van der Waals surface area contributed by atoms with Crippen LogP contribution in [0.5, 0.6) is 5.75 Å². The Morgan fingerprint density at radius 1 is 1.12 bits per heavy atom. The average Bonchev–Trinajstić information content (AvgIpc) is 2.61. The van der Waals surface area contributed by atoms with Crippen molar-refractivity contribution in [3.8, 4) is 5.75 Å². The first-order chi connectivity index (χ1) is 11.6. The molecule has 0 spiro atoms. The average molecular weight is 349 g/mol. The summed E-state index contributed by atoms with van der Waals surface area (Å²) in [4.78, 5) is 11.1. The van der Waals surface area contributed by atoms with Crippen molar-refractivity contribution in [3.05, 3.63) is 64.2 Å². The number of aliphatic hydroxyl groups is 1. The molecule has 0 saturated carbocycles. The van der Waals surface area contributed by atoms with Crippen molar-refractivity contribution < 1.29 is 19.0 Å². The molecule has 0 aliphatic carbocycles. The van der Waals surface area contributed by atoms with Gasteiger partial charge in [0.25, 0.3) is 5.69 Å². The molecule has 7 heteroatoms. The maximum Gasteiger partial charge on any atom is 0.275 e. The Hall–Kier alpha value is -2.25. The van der Waals surface area contributed by atoms with E-state index in [1.807, 2.05) is 30.3 Å². The van der Waals surface area contributed by atoms with E-state index in [0.29, 0.717) is 18.1 Å². The number of unbranched alkanes of at least 4 members (excludes halogenated alkanes) is 1. The van der Waals surface area contributed by atoms with Crippen LogP contribution in [0.2, 0.25) is 0 Å². The molecule has 0 saturated heterocycles. The second-order valence-corrected chi connectivity index (χ2v) is 6.69. The van der Waals surface area contributed by atoms with Gasteiger partial charge in [-0.1, -0.05) is 18.2 Å². The van der Waals surface area contributed by atoms with Crippen molar-refractivity contribution in [2.24, 2.45) is 0 Å². The number of nitro benzene ring substituents is 1. The van der Waals surface area contributed by atoms with Crippen LogP contribution in [-0.2, 0) is 17.4 Å². The second-order valence-electron chi connectivity index (χ2n) is 5.12. The van der Waals surface area contributed by atoms with Crippen LogP contribution in [-0.4, -0.2) is 26.6 Å². The lowest BCUT2D eigenvalue weighted by Gasteiger charge is -2.08. The Labute approximate surface area is 142 Å². The molecule has 0 aliphatic heterocycles. The van der Waals surface area contributed by atoms with Crippen LogP contribution in [0.4, 0.5) is 5.69 Å². The highest BCUT2D eigenvalue weighted by molar-refractivity contribution is 7.85. The van der Waals surface area contributed by atoms with Crippen LogP contribution < -0.4 is 4.74 Å². The summed E-state index contributed by atoms with van der Waals surface area (Å²) >= 11 is 0. The molecule has 0 heterocycles. The van der Waals surface area contributed by atoms with Crippen LogP contribution in [0, 0.1) is 10.1 Å². The van der Waals surface area contributed by atoms with Gasteiger partial charge in [0, 0.05) is 16.7 Å². The molecule has 24 heavy (non-hydrogen) atoms. The molecule has 0 fully saturated rings. The third-order valence-electron chi connectivity index (χ3n) is 3.42. The van der Waals surface area contributed by atoms with E-state index in [0.717, 1.165) is 17.7 Å². The van der Waals surface area contributed by atoms with Gasteiger partial charge in [0.05, 0.1) is 34.5 Å². The maximum absolute atomic E-state index is 12.0. The van der Waals surface area contributed by atoms with Crippen molar-refractivity contribution in [3.63, 3.8) is 0 Å².